The van der Waals surface area contributed by atoms with Crippen LogP contribution in [0.5, 0.6) is 0 Å². The summed E-state index contributed by atoms with van der Waals surface area (Å²) >= 11 is 3.41. The van der Waals surface area contributed by atoms with Crippen LogP contribution >= 0.6 is 15.9 Å². The maximum Gasteiger partial charge on any atom is 0.352 e. The molecule has 0 aliphatic heterocycles. The van der Waals surface area contributed by atoms with Gasteiger partial charge in [0.1, 0.15) is 11.5 Å². The molecule has 94 valence electrons. The van der Waals surface area contributed by atoms with E-state index in [1.54, 1.807) is 22.7 Å². The summed E-state index contributed by atoms with van der Waals surface area (Å²) in [6.07, 6.45) is 1.67. The van der Waals surface area contributed by atoms with Gasteiger partial charge in [-0.05, 0) is 24.3 Å². The van der Waals surface area contributed by atoms with E-state index in [0.717, 1.165) is 15.6 Å². The molecule has 0 fully saturated rings. The van der Waals surface area contributed by atoms with Crippen LogP contribution in [0, 0.1) is 0 Å². The zero-order chi connectivity index (χ0) is 13.4. The smallest absolute Gasteiger partial charge is 0.352 e. The second-order valence-corrected chi connectivity index (χ2v) is 4.98. The van der Waals surface area contributed by atoms with Gasteiger partial charge in [0.2, 0.25) is 0 Å². The van der Waals surface area contributed by atoms with Gasteiger partial charge >= 0.3 is 5.97 Å². The Bertz CT molecular complexity index is 780. The van der Waals surface area contributed by atoms with Gasteiger partial charge in [0.25, 0.3) is 0 Å². The van der Waals surface area contributed by atoms with Crippen molar-refractivity contribution in [1.29, 1.82) is 0 Å². The number of pyridine rings is 1. The van der Waals surface area contributed by atoms with E-state index in [9.17, 15) is 9.90 Å². The summed E-state index contributed by atoms with van der Waals surface area (Å²) in [7, 11) is 0. The number of benzene rings is 1. The summed E-state index contributed by atoms with van der Waals surface area (Å²) < 4.78 is 2.57. The Kier molecular flexibility index (Phi) is 2.83. The number of carboxylic acids is 1. The van der Waals surface area contributed by atoms with Crippen molar-refractivity contribution in [3.63, 3.8) is 0 Å². The summed E-state index contributed by atoms with van der Waals surface area (Å²) in [5, 5.41) is 9.27. The van der Waals surface area contributed by atoms with E-state index in [-0.39, 0.29) is 5.69 Å². The van der Waals surface area contributed by atoms with Gasteiger partial charge in [-0.3, -0.25) is 4.40 Å². The summed E-state index contributed by atoms with van der Waals surface area (Å²) in [4.78, 5) is 15.6. The molecule has 4 nitrogen and oxygen atoms in total. The second-order valence-electron chi connectivity index (χ2n) is 4.07. The Hall–Kier alpha value is -2.14. The van der Waals surface area contributed by atoms with Crippen molar-refractivity contribution >= 4 is 27.4 Å². The zero-order valence-electron chi connectivity index (χ0n) is 9.75. The number of nitrogens with zero attached hydrogens (tertiary/aromatic N) is 2. The van der Waals surface area contributed by atoms with Crippen LogP contribution in [0.15, 0.2) is 53.1 Å². The van der Waals surface area contributed by atoms with Crippen LogP contribution in [0.1, 0.15) is 10.5 Å². The molecule has 1 N–H and O–H groups in total. The minimum Gasteiger partial charge on any atom is -0.477 e. The molecule has 1 aromatic carbocycles. The molecular weight excluding hydrogens is 308 g/mol. The van der Waals surface area contributed by atoms with E-state index in [4.69, 9.17) is 0 Å². The van der Waals surface area contributed by atoms with Crippen molar-refractivity contribution < 1.29 is 9.90 Å². The molecule has 0 spiro atoms. The highest BCUT2D eigenvalue weighted by atomic mass is 79.9. The molecule has 3 aromatic rings. The van der Waals surface area contributed by atoms with Gasteiger partial charge in [-0.25, -0.2) is 9.78 Å². The average Bonchev–Trinajstić information content (AvgIpc) is 2.82. The highest BCUT2D eigenvalue weighted by Gasteiger charge is 2.13. The van der Waals surface area contributed by atoms with E-state index in [0.29, 0.717) is 5.82 Å². The molecule has 0 bridgehead atoms. The molecule has 0 unspecified atom stereocenters. The number of hydrogen-bond acceptors (Lipinski definition) is 2. The van der Waals surface area contributed by atoms with Crippen molar-refractivity contribution in [3.8, 4) is 11.4 Å². The van der Waals surface area contributed by atoms with Crippen molar-refractivity contribution in [2.75, 3.05) is 0 Å². The molecule has 19 heavy (non-hydrogen) atoms. The summed E-state index contributed by atoms with van der Waals surface area (Å²) in [5.74, 6) is -0.353. The van der Waals surface area contributed by atoms with E-state index in [1.807, 2.05) is 30.3 Å². The maximum absolute atomic E-state index is 11.3. The standard InChI is InChI=1S/C14H9BrN2O2/c15-10-4-1-3-9(7-10)13-16-8-11-5-2-6-12(14(18)19)17(11)13/h1-8H,(H,18,19). The topological polar surface area (TPSA) is 54.6 Å². The number of aromatic nitrogens is 2. The number of halogens is 1. The first-order valence-corrected chi connectivity index (χ1v) is 6.42. The first-order chi connectivity index (χ1) is 9.16. The van der Waals surface area contributed by atoms with Gasteiger partial charge in [-0.2, -0.15) is 0 Å². The van der Waals surface area contributed by atoms with E-state index in [2.05, 4.69) is 20.9 Å². The molecule has 0 radical (unpaired) electrons. The summed E-state index contributed by atoms with van der Waals surface area (Å²) in [5.41, 5.74) is 1.82. The second kappa shape index (κ2) is 4.51. The lowest BCUT2D eigenvalue weighted by Gasteiger charge is -2.05. The first kappa shape index (κ1) is 11.9. The molecular formula is C14H9BrN2O2. The Morgan fingerprint density at radius 3 is 2.74 bits per heavy atom. The van der Waals surface area contributed by atoms with Crippen LogP contribution in [-0.2, 0) is 0 Å². The van der Waals surface area contributed by atoms with E-state index >= 15 is 0 Å². The fraction of sp³-hybridized carbons (Fsp3) is 0. The molecule has 0 amide bonds. The SMILES string of the molecule is O=C(O)c1cccc2cnc(-c3cccc(Br)c3)n12. The van der Waals surface area contributed by atoms with Crippen LogP contribution in [0.3, 0.4) is 0 Å². The van der Waals surface area contributed by atoms with Crippen molar-refractivity contribution in [2.24, 2.45) is 0 Å². The van der Waals surface area contributed by atoms with Gasteiger partial charge < -0.3 is 5.11 Å². The van der Waals surface area contributed by atoms with E-state index in [1.165, 1.54) is 0 Å². The predicted molar refractivity (Wildman–Crippen MR) is 75.3 cm³/mol. The number of fused-ring (bicyclic) bond motifs is 1. The lowest BCUT2D eigenvalue weighted by Crippen LogP contribution is -2.05. The summed E-state index contributed by atoms with van der Waals surface area (Å²) in [6, 6.07) is 12.7. The normalized spacial score (nSPS) is 10.8. The summed E-state index contributed by atoms with van der Waals surface area (Å²) in [6.45, 7) is 0. The van der Waals surface area contributed by atoms with Gasteiger partial charge in [0, 0.05) is 10.0 Å². The predicted octanol–water partition coefficient (Wildman–Crippen LogP) is 3.46. The lowest BCUT2D eigenvalue weighted by molar-refractivity contribution is 0.0689. The van der Waals surface area contributed by atoms with Crippen LogP contribution in [0.25, 0.3) is 16.9 Å². The fourth-order valence-electron chi connectivity index (χ4n) is 2.05. The zero-order valence-corrected chi connectivity index (χ0v) is 11.3. The number of imidazole rings is 1. The van der Waals surface area contributed by atoms with Gasteiger partial charge in [-0.1, -0.05) is 34.1 Å². The Balaban J connectivity index is 2.33. The van der Waals surface area contributed by atoms with Crippen molar-refractivity contribution in [1.82, 2.24) is 9.38 Å². The average molecular weight is 317 g/mol. The van der Waals surface area contributed by atoms with Crippen LogP contribution < -0.4 is 0 Å². The van der Waals surface area contributed by atoms with Crippen molar-refractivity contribution in [3.05, 3.63) is 58.8 Å². The molecule has 3 rings (SSSR count). The van der Waals surface area contributed by atoms with E-state index < -0.39 is 5.97 Å². The Morgan fingerprint density at radius 1 is 1.21 bits per heavy atom. The molecule has 0 saturated carbocycles. The molecule has 5 heteroatoms. The Morgan fingerprint density at radius 2 is 2.00 bits per heavy atom. The molecule has 0 aliphatic carbocycles. The third-order valence-corrected chi connectivity index (χ3v) is 3.35. The molecule has 2 heterocycles. The van der Waals surface area contributed by atoms with Crippen LogP contribution in [0.2, 0.25) is 0 Å². The number of carbonyl (C=O) groups is 1. The number of hydrogen-bond donors (Lipinski definition) is 1. The minimum absolute atomic E-state index is 0.199. The monoisotopic (exact) mass is 316 g/mol. The molecule has 0 aliphatic rings. The highest BCUT2D eigenvalue weighted by Crippen LogP contribution is 2.24. The molecule has 0 saturated heterocycles. The minimum atomic E-state index is -0.972. The quantitative estimate of drug-likeness (QED) is 0.787. The van der Waals surface area contributed by atoms with Crippen molar-refractivity contribution in [2.45, 2.75) is 0 Å². The van der Waals surface area contributed by atoms with Crippen LogP contribution in [0.4, 0.5) is 0 Å². The van der Waals surface area contributed by atoms with Gasteiger partial charge in [0.05, 0.1) is 11.7 Å². The third-order valence-electron chi connectivity index (χ3n) is 2.85. The maximum atomic E-state index is 11.3. The number of aromatic carboxylic acids is 1. The molecule has 0 atom stereocenters. The largest absolute Gasteiger partial charge is 0.477 e. The third kappa shape index (κ3) is 2.02. The number of rotatable bonds is 2. The lowest BCUT2D eigenvalue weighted by atomic mass is 10.2. The van der Waals surface area contributed by atoms with Crippen LogP contribution in [-0.4, -0.2) is 20.5 Å². The fourth-order valence-corrected chi connectivity index (χ4v) is 2.45. The first-order valence-electron chi connectivity index (χ1n) is 5.62. The Labute approximate surface area is 117 Å². The van der Waals surface area contributed by atoms with Gasteiger partial charge in [0.15, 0.2) is 0 Å². The molecule has 2 aromatic heterocycles. The number of carboxylic acid groups (broad SMARTS) is 1. The highest BCUT2D eigenvalue weighted by molar-refractivity contribution is 9.10. The van der Waals surface area contributed by atoms with Gasteiger partial charge in [-0.15, -0.1) is 0 Å².